The molecule has 0 fully saturated rings. The van der Waals surface area contributed by atoms with Crippen molar-refractivity contribution in [2.75, 3.05) is 4.72 Å². The summed E-state index contributed by atoms with van der Waals surface area (Å²) in [6.07, 6.45) is 0. The van der Waals surface area contributed by atoms with E-state index in [1.165, 1.54) is 17.5 Å². The first-order valence-electron chi connectivity index (χ1n) is 7.34. The number of halogens is 1. The van der Waals surface area contributed by atoms with E-state index in [1.54, 1.807) is 19.9 Å². The lowest BCUT2D eigenvalue weighted by Gasteiger charge is -2.15. The Labute approximate surface area is 153 Å². The number of anilines is 1. The number of sulfonamides is 1. The number of nitrogens with one attached hydrogen (secondary N) is 1. The zero-order valence-corrected chi connectivity index (χ0v) is 15.5. The Kier molecular flexibility index (Phi) is 4.32. The van der Waals surface area contributed by atoms with Crippen LogP contribution in [0.4, 0.5) is 5.69 Å². The molecule has 1 N–H and O–H groups in total. The first kappa shape index (κ1) is 18.1. The van der Waals surface area contributed by atoms with Crippen LogP contribution in [0.2, 0.25) is 5.02 Å². The van der Waals surface area contributed by atoms with Crippen molar-refractivity contribution >= 4 is 39.1 Å². The molecule has 3 rings (SSSR count). The van der Waals surface area contributed by atoms with Crippen LogP contribution in [0.3, 0.4) is 0 Å². The number of carbonyl (C=O) groups excluding carboxylic acids is 1. The molecule has 0 bridgehead atoms. The fourth-order valence-corrected chi connectivity index (χ4v) is 3.60. The number of carboxylic acids is 1. The fraction of sp³-hybridized carbons (Fsp3) is 0.200. The third-order valence-corrected chi connectivity index (χ3v) is 5.23. The highest BCUT2D eigenvalue weighted by Crippen LogP contribution is 2.29. The molecule has 0 aliphatic carbocycles. The Hall–Kier alpha value is -2.72. The summed E-state index contributed by atoms with van der Waals surface area (Å²) in [5.74, 6) is -1.43. The maximum Gasteiger partial charge on any atom is 0.299 e. The van der Waals surface area contributed by atoms with Gasteiger partial charge in [-0.2, -0.15) is 13.4 Å². The molecule has 2 heterocycles. The normalized spacial score (nSPS) is 11.7. The van der Waals surface area contributed by atoms with Crippen molar-refractivity contribution in [2.45, 2.75) is 25.9 Å². The molecular weight excluding hydrogens is 382 g/mol. The average molecular weight is 395 g/mol. The molecule has 0 saturated heterocycles. The van der Waals surface area contributed by atoms with Crippen LogP contribution in [0.25, 0.3) is 5.78 Å². The first-order valence-corrected chi connectivity index (χ1v) is 9.20. The van der Waals surface area contributed by atoms with Crippen LogP contribution in [-0.2, 0) is 10.0 Å². The van der Waals surface area contributed by atoms with Gasteiger partial charge in [-0.05, 0) is 44.5 Å². The van der Waals surface area contributed by atoms with Crippen molar-refractivity contribution in [3.05, 3.63) is 45.7 Å². The summed E-state index contributed by atoms with van der Waals surface area (Å²) >= 11 is 5.97. The summed E-state index contributed by atoms with van der Waals surface area (Å²) < 4.78 is 28.8. The highest BCUT2D eigenvalue weighted by Gasteiger charge is 2.24. The summed E-state index contributed by atoms with van der Waals surface area (Å²) in [5, 5.41) is 14.9. The summed E-state index contributed by atoms with van der Waals surface area (Å²) in [5.41, 5.74) is 1.01. The molecule has 0 unspecified atom stereocenters. The van der Waals surface area contributed by atoms with Gasteiger partial charge >= 0.3 is 0 Å². The summed E-state index contributed by atoms with van der Waals surface area (Å²) in [7, 11) is -4.28. The van der Waals surface area contributed by atoms with Crippen molar-refractivity contribution in [1.29, 1.82) is 0 Å². The Bertz CT molecular complexity index is 1160. The second-order valence-corrected chi connectivity index (χ2v) is 7.62. The molecule has 0 aliphatic rings. The average Bonchev–Trinajstić information content (AvgIpc) is 2.96. The van der Waals surface area contributed by atoms with E-state index in [9.17, 15) is 18.3 Å². The van der Waals surface area contributed by atoms with E-state index in [4.69, 9.17) is 11.6 Å². The Balaban J connectivity index is 2.12. The Morgan fingerprint density at radius 1 is 1.23 bits per heavy atom. The molecule has 0 atom stereocenters. The van der Waals surface area contributed by atoms with E-state index in [-0.39, 0.29) is 27.6 Å². The van der Waals surface area contributed by atoms with Gasteiger partial charge in [0.1, 0.15) is 0 Å². The van der Waals surface area contributed by atoms with Crippen LogP contribution < -0.4 is 9.83 Å². The quantitative estimate of drug-likeness (QED) is 0.694. The molecule has 1 aromatic carbocycles. The van der Waals surface area contributed by atoms with Crippen LogP contribution in [0.5, 0.6) is 0 Å². The zero-order chi connectivity index (χ0) is 19.2. The van der Waals surface area contributed by atoms with E-state index in [1.807, 2.05) is 0 Å². The van der Waals surface area contributed by atoms with E-state index in [0.717, 1.165) is 6.07 Å². The Morgan fingerprint density at radius 2 is 1.92 bits per heavy atom. The lowest BCUT2D eigenvalue weighted by Crippen LogP contribution is -2.25. The number of carboxylic acid groups (broad SMARTS) is 1. The van der Waals surface area contributed by atoms with Crippen LogP contribution in [0.15, 0.2) is 23.4 Å². The summed E-state index contributed by atoms with van der Waals surface area (Å²) in [6.45, 7) is 4.96. The monoisotopic (exact) mass is 394 g/mol. The van der Waals surface area contributed by atoms with Gasteiger partial charge < -0.3 is 9.90 Å². The molecule has 0 aliphatic heterocycles. The second kappa shape index (κ2) is 6.22. The minimum absolute atomic E-state index is 0.116. The number of fused-ring (bicyclic) bond motifs is 1. The number of carbonyl (C=O) groups is 1. The van der Waals surface area contributed by atoms with E-state index in [2.05, 4.69) is 19.8 Å². The van der Waals surface area contributed by atoms with Gasteiger partial charge in [-0.25, -0.2) is 9.50 Å². The fourth-order valence-electron chi connectivity index (χ4n) is 2.43. The number of aryl methyl sites for hydroxylation is 2. The van der Waals surface area contributed by atoms with Crippen LogP contribution in [0.1, 0.15) is 27.3 Å². The van der Waals surface area contributed by atoms with E-state index < -0.39 is 21.1 Å². The van der Waals surface area contributed by atoms with Gasteiger partial charge in [-0.3, -0.25) is 4.72 Å². The molecule has 26 heavy (non-hydrogen) atoms. The van der Waals surface area contributed by atoms with Gasteiger partial charge in [-0.1, -0.05) is 11.6 Å². The number of benzene rings is 1. The summed E-state index contributed by atoms with van der Waals surface area (Å²) in [6, 6.07) is 4.23. The highest BCUT2D eigenvalue weighted by molar-refractivity contribution is 7.92. The molecular formula is C15H13ClN5O4S-. The van der Waals surface area contributed by atoms with Gasteiger partial charge in [0.25, 0.3) is 21.0 Å². The molecule has 0 spiro atoms. The maximum atomic E-state index is 12.7. The number of rotatable bonds is 4. The smallest absolute Gasteiger partial charge is 0.299 e. The number of hydrogen-bond acceptors (Lipinski definition) is 7. The van der Waals surface area contributed by atoms with Crippen LogP contribution in [-0.4, -0.2) is 34.0 Å². The predicted molar refractivity (Wildman–Crippen MR) is 91.6 cm³/mol. The van der Waals surface area contributed by atoms with Gasteiger partial charge in [0.15, 0.2) is 0 Å². The standard InChI is InChI=1S/C15H14ClN5O4S/c1-7-6-8(2)21-14(17-7)18-15(19-21)26(24,25)20-12-9(3)11(16)5-4-10(12)13(22)23/h4-6,20H,1-3H3,(H,22,23)/p-1. The van der Waals surface area contributed by atoms with Gasteiger partial charge in [0, 0.05) is 22.0 Å². The van der Waals surface area contributed by atoms with Crippen molar-refractivity contribution in [1.82, 2.24) is 19.6 Å². The first-order chi connectivity index (χ1) is 12.1. The van der Waals surface area contributed by atoms with Gasteiger partial charge in [0.05, 0.1) is 11.7 Å². The minimum atomic E-state index is -4.28. The van der Waals surface area contributed by atoms with Gasteiger partial charge in [0.2, 0.25) is 0 Å². The van der Waals surface area contributed by atoms with Crippen molar-refractivity contribution < 1.29 is 18.3 Å². The SMILES string of the molecule is Cc1cc(C)n2nc(S(=O)(=O)Nc3c(C(=O)[O-])ccc(Cl)c3C)nc2n1. The predicted octanol–water partition coefficient (Wildman–Crippen LogP) is 0.867. The van der Waals surface area contributed by atoms with Crippen LogP contribution in [0, 0.1) is 20.8 Å². The molecule has 0 radical (unpaired) electrons. The topological polar surface area (TPSA) is 129 Å². The molecule has 9 nitrogen and oxygen atoms in total. The Morgan fingerprint density at radius 3 is 2.58 bits per heavy atom. The van der Waals surface area contributed by atoms with Crippen molar-refractivity contribution in [2.24, 2.45) is 0 Å². The summed E-state index contributed by atoms with van der Waals surface area (Å²) in [4.78, 5) is 19.3. The highest BCUT2D eigenvalue weighted by atomic mass is 35.5. The number of aromatic nitrogens is 4. The molecule has 136 valence electrons. The maximum absolute atomic E-state index is 12.7. The lowest BCUT2D eigenvalue weighted by molar-refractivity contribution is -0.254. The molecule has 3 aromatic rings. The van der Waals surface area contributed by atoms with Crippen molar-refractivity contribution in [3.63, 3.8) is 0 Å². The van der Waals surface area contributed by atoms with Gasteiger partial charge in [-0.15, -0.1) is 5.10 Å². The minimum Gasteiger partial charge on any atom is -0.545 e. The van der Waals surface area contributed by atoms with E-state index >= 15 is 0 Å². The lowest BCUT2D eigenvalue weighted by atomic mass is 10.1. The number of hydrogen-bond donors (Lipinski definition) is 1. The van der Waals surface area contributed by atoms with Crippen molar-refractivity contribution in [3.8, 4) is 0 Å². The third kappa shape index (κ3) is 3.08. The molecule has 0 saturated carbocycles. The number of aromatic carboxylic acids is 1. The number of nitrogens with zero attached hydrogens (tertiary/aromatic N) is 4. The zero-order valence-electron chi connectivity index (χ0n) is 13.9. The molecule has 2 aromatic heterocycles. The molecule has 11 heteroatoms. The third-order valence-electron chi connectivity index (χ3n) is 3.69. The largest absolute Gasteiger partial charge is 0.545 e. The van der Waals surface area contributed by atoms with E-state index in [0.29, 0.717) is 11.4 Å². The second-order valence-electron chi connectivity index (χ2n) is 5.63. The van der Waals surface area contributed by atoms with Crippen LogP contribution >= 0.6 is 11.6 Å². The molecule has 0 amide bonds.